The summed E-state index contributed by atoms with van der Waals surface area (Å²) >= 11 is 6.49. The molecule has 1 rings (SSSR count). The van der Waals surface area contributed by atoms with Crippen LogP contribution in [0.25, 0.3) is 0 Å². The summed E-state index contributed by atoms with van der Waals surface area (Å²) in [4.78, 5) is 0. The second kappa shape index (κ2) is 7.91. The molecule has 1 aromatic heterocycles. The molecule has 0 saturated carbocycles. The van der Waals surface area contributed by atoms with Gasteiger partial charge < -0.3 is 5.32 Å². The van der Waals surface area contributed by atoms with Gasteiger partial charge in [0.25, 0.3) is 0 Å². The van der Waals surface area contributed by atoms with Crippen molar-refractivity contribution in [1.82, 2.24) is 15.1 Å². The molecule has 0 aliphatic carbocycles. The highest BCUT2D eigenvalue weighted by Crippen LogP contribution is 2.26. The Morgan fingerprint density at radius 2 is 1.95 bits per heavy atom. The molecule has 0 spiro atoms. The maximum absolute atomic E-state index is 6.49. The first-order valence-electron chi connectivity index (χ1n) is 7.56. The van der Waals surface area contributed by atoms with Crippen LogP contribution in [0, 0.1) is 5.92 Å². The van der Waals surface area contributed by atoms with E-state index >= 15 is 0 Å². The molecular weight excluding hydrogens is 258 g/mol. The zero-order valence-electron chi connectivity index (χ0n) is 13.0. The molecule has 19 heavy (non-hydrogen) atoms. The van der Waals surface area contributed by atoms with E-state index in [0.29, 0.717) is 12.0 Å². The van der Waals surface area contributed by atoms with Gasteiger partial charge in [0.15, 0.2) is 0 Å². The fraction of sp³-hybridized carbons (Fsp3) is 0.800. The van der Waals surface area contributed by atoms with E-state index in [1.807, 2.05) is 0 Å². The first-order valence-corrected chi connectivity index (χ1v) is 7.94. The zero-order chi connectivity index (χ0) is 14.4. The van der Waals surface area contributed by atoms with Crippen LogP contribution in [0.4, 0.5) is 0 Å². The average Bonchev–Trinajstić information content (AvgIpc) is 2.72. The third-order valence-electron chi connectivity index (χ3n) is 3.91. The highest BCUT2D eigenvalue weighted by molar-refractivity contribution is 6.31. The van der Waals surface area contributed by atoms with E-state index in [9.17, 15) is 0 Å². The van der Waals surface area contributed by atoms with Crippen LogP contribution in [0.5, 0.6) is 0 Å². The summed E-state index contributed by atoms with van der Waals surface area (Å²) in [6.07, 6.45) is 3.06. The number of halogens is 1. The third-order valence-corrected chi connectivity index (χ3v) is 4.34. The van der Waals surface area contributed by atoms with Gasteiger partial charge in [-0.3, -0.25) is 4.68 Å². The molecule has 2 atom stereocenters. The van der Waals surface area contributed by atoms with Crippen molar-refractivity contribution in [3.8, 4) is 0 Å². The molecule has 0 aliphatic rings. The summed E-state index contributed by atoms with van der Waals surface area (Å²) in [5, 5.41) is 9.01. The molecule has 0 aromatic carbocycles. The number of nitrogens with one attached hydrogen (secondary N) is 1. The Balaban J connectivity index is 2.92. The average molecular weight is 286 g/mol. The SMILES string of the molecule is CCNC(C)C(CC)Cc1c(Cl)c(CC)nn1CC. The fourth-order valence-corrected chi connectivity index (χ4v) is 2.97. The maximum Gasteiger partial charge on any atom is 0.0849 e. The van der Waals surface area contributed by atoms with E-state index in [2.05, 4.69) is 49.7 Å². The van der Waals surface area contributed by atoms with Gasteiger partial charge in [-0.15, -0.1) is 0 Å². The second-order valence-corrected chi connectivity index (χ2v) is 5.47. The van der Waals surface area contributed by atoms with Gasteiger partial charge >= 0.3 is 0 Å². The smallest absolute Gasteiger partial charge is 0.0849 e. The molecule has 1 N–H and O–H groups in total. The number of hydrogen-bond acceptors (Lipinski definition) is 2. The van der Waals surface area contributed by atoms with Crippen LogP contribution in [0.1, 0.15) is 52.4 Å². The number of aromatic nitrogens is 2. The van der Waals surface area contributed by atoms with Crippen molar-refractivity contribution in [2.75, 3.05) is 6.54 Å². The predicted octanol–water partition coefficient (Wildman–Crippen LogP) is 3.69. The molecule has 1 heterocycles. The van der Waals surface area contributed by atoms with Crippen molar-refractivity contribution >= 4 is 11.6 Å². The molecule has 0 fully saturated rings. The van der Waals surface area contributed by atoms with Crippen molar-refractivity contribution in [2.45, 2.75) is 66.5 Å². The van der Waals surface area contributed by atoms with Crippen LogP contribution >= 0.6 is 11.6 Å². The molecule has 1 aromatic rings. The summed E-state index contributed by atoms with van der Waals surface area (Å²) in [6, 6.07) is 0.511. The normalized spacial score (nSPS) is 14.6. The molecule has 0 aliphatic heterocycles. The molecule has 0 bridgehead atoms. The number of aryl methyl sites for hydroxylation is 2. The van der Waals surface area contributed by atoms with Gasteiger partial charge in [-0.1, -0.05) is 38.8 Å². The van der Waals surface area contributed by atoms with Crippen molar-refractivity contribution in [2.24, 2.45) is 5.92 Å². The lowest BCUT2D eigenvalue weighted by molar-refractivity contribution is 0.359. The minimum Gasteiger partial charge on any atom is -0.314 e. The van der Waals surface area contributed by atoms with Gasteiger partial charge in [0.2, 0.25) is 0 Å². The number of rotatable bonds is 8. The van der Waals surface area contributed by atoms with Crippen LogP contribution in [0.15, 0.2) is 0 Å². The summed E-state index contributed by atoms with van der Waals surface area (Å²) < 4.78 is 2.07. The topological polar surface area (TPSA) is 29.9 Å². The Hall–Kier alpha value is -0.540. The molecule has 0 saturated heterocycles. The monoisotopic (exact) mass is 285 g/mol. The van der Waals surface area contributed by atoms with Crippen LogP contribution in [-0.2, 0) is 19.4 Å². The van der Waals surface area contributed by atoms with Gasteiger partial charge in [0, 0.05) is 12.6 Å². The number of nitrogens with zero attached hydrogens (tertiary/aromatic N) is 2. The van der Waals surface area contributed by atoms with Crippen LogP contribution in [0.3, 0.4) is 0 Å². The van der Waals surface area contributed by atoms with Gasteiger partial charge in [-0.2, -0.15) is 5.10 Å². The summed E-state index contributed by atoms with van der Waals surface area (Å²) in [5.74, 6) is 0.601. The first kappa shape index (κ1) is 16.5. The Bertz CT molecular complexity index is 387. The Morgan fingerprint density at radius 1 is 1.26 bits per heavy atom. The van der Waals surface area contributed by atoms with Gasteiger partial charge in [-0.25, -0.2) is 0 Å². The molecule has 2 unspecified atom stereocenters. The fourth-order valence-electron chi connectivity index (χ4n) is 2.62. The molecule has 0 radical (unpaired) electrons. The van der Waals surface area contributed by atoms with E-state index in [-0.39, 0.29) is 0 Å². The highest BCUT2D eigenvalue weighted by atomic mass is 35.5. The lowest BCUT2D eigenvalue weighted by Gasteiger charge is -2.23. The molecule has 4 heteroatoms. The van der Waals surface area contributed by atoms with Crippen LogP contribution in [0.2, 0.25) is 5.02 Å². The summed E-state index contributed by atoms with van der Waals surface area (Å²) in [6.45, 7) is 12.8. The minimum atomic E-state index is 0.511. The molecule has 110 valence electrons. The van der Waals surface area contributed by atoms with Crippen molar-refractivity contribution in [3.05, 3.63) is 16.4 Å². The van der Waals surface area contributed by atoms with Crippen molar-refractivity contribution in [3.63, 3.8) is 0 Å². The van der Waals surface area contributed by atoms with E-state index in [0.717, 1.165) is 43.1 Å². The molecular formula is C15H28ClN3. The minimum absolute atomic E-state index is 0.511. The maximum atomic E-state index is 6.49. The molecule has 3 nitrogen and oxygen atoms in total. The van der Waals surface area contributed by atoms with E-state index in [4.69, 9.17) is 11.6 Å². The zero-order valence-corrected chi connectivity index (χ0v) is 13.7. The Kier molecular flexibility index (Phi) is 6.87. The summed E-state index contributed by atoms with van der Waals surface area (Å²) in [7, 11) is 0. The standard InChI is InChI=1S/C15H28ClN3/c1-6-12(11(5)17-8-3)10-14-15(16)13(7-2)18-19(14)9-4/h11-12,17H,6-10H2,1-5H3. The lowest BCUT2D eigenvalue weighted by atomic mass is 9.92. The van der Waals surface area contributed by atoms with Crippen molar-refractivity contribution < 1.29 is 0 Å². The molecule has 0 amide bonds. The number of hydrogen-bond donors (Lipinski definition) is 1. The second-order valence-electron chi connectivity index (χ2n) is 5.10. The van der Waals surface area contributed by atoms with E-state index in [1.54, 1.807) is 0 Å². The highest BCUT2D eigenvalue weighted by Gasteiger charge is 2.21. The quantitative estimate of drug-likeness (QED) is 0.789. The van der Waals surface area contributed by atoms with Gasteiger partial charge in [0.1, 0.15) is 0 Å². The van der Waals surface area contributed by atoms with E-state index < -0.39 is 0 Å². The Labute approximate surface area is 122 Å². The lowest BCUT2D eigenvalue weighted by Crippen LogP contribution is -2.34. The van der Waals surface area contributed by atoms with Crippen molar-refractivity contribution in [1.29, 1.82) is 0 Å². The van der Waals surface area contributed by atoms with Crippen LogP contribution in [-0.4, -0.2) is 22.4 Å². The predicted molar refractivity (Wildman–Crippen MR) is 82.9 cm³/mol. The van der Waals surface area contributed by atoms with Crippen LogP contribution < -0.4 is 5.32 Å². The Morgan fingerprint density at radius 3 is 2.42 bits per heavy atom. The summed E-state index contributed by atoms with van der Waals surface area (Å²) in [5.41, 5.74) is 2.24. The van der Waals surface area contributed by atoms with E-state index in [1.165, 1.54) is 5.69 Å². The largest absolute Gasteiger partial charge is 0.314 e. The first-order chi connectivity index (χ1) is 9.08. The third kappa shape index (κ3) is 3.96. The van der Waals surface area contributed by atoms with Gasteiger partial charge in [0.05, 0.1) is 16.4 Å². The van der Waals surface area contributed by atoms with Gasteiger partial charge in [-0.05, 0) is 39.2 Å².